The van der Waals surface area contributed by atoms with Crippen molar-refractivity contribution in [3.05, 3.63) is 64.7 Å². The number of hydrogen-bond donors (Lipinski definition) is 2. The Morgan fingerprint density at radius 1 is 1.05 bits per heavy atom. The van der Waals surface area contributed by atoms with E-state index in [9.17, 15) is 0 Å². The van der Waals surface area contributed by atoms with Gasteiger partial charge in [-0.3, -0.25) is 5.84 Å². The number of nitrogens with one attached hydrogen (secondary N) is 1. The number of nitrogens with two attached hydrogens (primary N) is 1. The van der Waals surface area contributed by atoms with Crippen molar-refractivity contribution in [2.45, 2.75) is 26.8 Å². The number of para-hydroxylation sites is 1. The molecule has 1 unspecified atom stereocenters. The van der Waals surface area contributed by atoms with E-state index >= 15 is 0 Å². The molecule has 2 rings (SSSR count). The lowest BCUT2D eigenvalue weighted by atomic mass is 9.92. The molecule has 1 atom stereocenters. The lowest BCUT2D eigenvalue weighted by Gasteiger charge is -2.22. The van der Waals surface area contributed by atoms with Gasteiger partial charge in [0.25, 0.3) is 0 Å². The number of ether oxygens (including phenoxy) is 1. The van der Waals surface area contributed by atoms with Crippen LogP contribution < -0.4 is 16.0 Å². The molecule has 3 nitrogen and oxygen atoms in total. The van der Waals surface area contributed by atoms with Crippen LogP contribution in [-0.2, 0) is 0 Å². The predicted molar refractivity (Wildman–Crippen MR) is 82.7 cm³/mol. The Morgan fingerprint density at radius 2 is 1.75 bits per heavy atom. The highest BCUT2D eigenvalue weighted by molar-refractivity contribution is 5.45. The van der Waals surface area contributed by atoms with Crippen molar-refractivity contribution in [3.8, 4) is 5.75 Å². The molecule has 0 heterocycles. The average Bonchev–Trinajstić information content (AvgIpc) is 2.46. The summed E-state index contributed by atoms with van der Waals surface area (Å²) in [5.74, 6) is 6.69. The van der Waals surface area contributed by atoms with Gasteiger partial charge in [-0.2, -0.15) is 0 Å². The lowest BCUT2D eigenvalue weighted by Crippen LogP contribution is -2.30. The fourth-order valence-electron chi connectivity index (χ4n) is 2.44. The Bertz CT molecular complexity index is 581. The van der Waals surface area contributed by atoms with E-state index < -0.39 is 0 Å². The first-order chi connectivity index (χ1) is 9.69. The van der Waals surface area contributed by atoms with Crippen molar-refractivity contribution in [1.82, 2.24) is 5.43 Å². The summed E-state index contributed by atoms with van der Waals surface area (Å²) in [5, 5.41) is 0. The Balaban J connectivity index is 2.50. The minimum absolute atomic E-state index is 0.0716. The van der Waals surface area contributed by atoms with Gasteiger partial charge in [0.1, 0.15) is 5.75 Å². The van der Waals surface area contributed by atoms with Crippen LogP contribution in [0.2, 0.25) is 0 Å². The summed E-state index contributed by atoms with van der Waals surface area (Å²) in [6, 6.07) is 14.2. The SMILES string of the molecule is CCOc1ccccc1C(NN)c1cccc(C)c1C. The normalized spacial score (nSPS) is 12.2. The average molecular weight is 270 g/mol. The summed E-state index contributed by atoms with van der Waals surface area (Å²) in [6.07, 6.45) is 0. The molecule has 0 saturated heterocycles. The van der Waals surface area contributed by atoms with Crippen LogP contribution in [0.5, 0.6) is 5.75 Å². The van der Waals surface area contributed by atoms with Gasteiger partial charge in [-0.15, -0.1) is 0 Å². The molecule has 0 aliphatic heterocycles. The van der Waals surface area contributed by atoms with Crippen molar-refractivity contribution in [2.75, 3.05) is 6.61 Å². The first kappa shape index (κ1) is 14.6. The van der Waals surface area contributed by atoms with E-state index in [-0.39, 0.29) is 6.04 Å². The van der Waals surface area contributed by atoms with Crippen molar-refractivity contribution in [1.29, 1.82) is 0 Å². The van der Waals surface area contributed by atoms with Crippen LogP contribution in [0.1, 0.15) is 35.2 Å². The molecule has 0 aliphatic rings. The molecule has 2 aromatic rings. The van der Waals surface area contributed by atoms with Gasteiger partial charge in [-0.1, -0.05) is 36.4 Å². The number of rotatable bonds is 5. The van der Waals surface area contributed by atoms with Gasteiger partial charge in [0.05, 0.1) is 12.6 Å². The largest absolute Gasteiger partial charge is 0.494 e. The highest BCUT2D eigenvalue weighted by atomic mass is 16.5. The van der Waals surface area contributed by atoms with E-state index in [1.807, 2.05) is 25.1 Å². The first-order valence-electron chi connectivity index (χ1n) is 6.93. The molecule has 0 aromatic heterocycles. The zero-order valence-corrected chi connectivity index (χ0v) is 12.3. The third-order valence-corrected chi connectivity index (χ3v) is 3.65. The third-order valence-electron chi connectivity index (χ3n) is 3.65. The molecule has 3 heteroatoms. The summed E-state index contributed by atoms with van der Waals surface area (Å²) >= 11 is 0. The number of hydrogen-bond acceptors (Lipinski definition) is 3. The molecular formula is C17H22N2O. The monoisotopic (exact) mass is 270 g/mol. The van der Waals surface area contributed by atoms with Crippen LogP contribution in [0.25, 0.3) is 0 Å². The number of benzene rings is 2. The van der Waals surface area contributed by atoms with Gasteiger partial charge in [0.2, 0.25) is 0 Å². The number of hydrazine groups is 1. The van der Waals surface area contributed by atoms with E-state index in [1.165, 1.54) is 16.7 Å². The third kappa shape index (κ3) is 2.84. The van der Waals surface area contributed by atoms with Crippen LogP contribution >= 0.6 is 0 Å². The van der Waals surface area contributed by atoms with Crippen LogP contribution in [0.3, 0.4) is 0 Å². The second kappa shape index (κ2) is 6.55. The van der Waals surface area contributed by atoms with E-state index in [0.717, 1.165) is 11.3 Å². The maximum absolute atomic E-state index is 5.82. The minimum atomic E-state index is -0.0716. The molecule has 3 N–H and O–H groups in total. The highest BCUT2D eigenvalue weighted by Gasteiger charge is 2.18. The molecule has 2 aromatic carbocycles. The zero-order chi connectivity index (χ0) is 14.5. The second-order valence-electron chi connectivity index (χ2n) is 4.86. The molecule has 0 bridgehead atoms. The van der Waals surface area contributed by atoms with Crippen molar-refractivity contribution < 1.29 is 4.74 Å². The van der Waals surface area contributed by atoms with Gasteiger partial charge in [-0.05, 0) is 43.5 Å². The maximum atomic E-state index is 5.82. The minimum Gasteiger partial charge on any atom is -0.494 e. The lowest BCUT2D eigenvalue weighted by molar-refractivity contribution is 0.333. The molecule has 0 spiro atoms. The Hall–Kier alpha value is -1.84. The highest BCUT2D eigenvalue weighted by Crippen LogP contribution is 2.31. The van der Waals surface area contributed by atoms with Crippen LogP contribution in [-0.4, -0.2) is 6.61 Å². The van der Waals surface area contributed by atoms with Crippen molar-refractivity contribution in [2.24, 2.45) is 5.84 Å². The van der Waals surface area contributed by atoms with Gasteiger partial charge in [0, 0.05) is 5.56 Å². The van der Waals surface area contributed by atoms with E-state index in [2.05, 4.69) is 43.5 Å². The standard InChI is InChI=1S/C17H22N2O/c1-4-20-16-11-6-5-9-15(16)17(19-18)14-10-7-8-12(2)13(14)3/h5-11,17,19H,4,18H2,1-3H3. The van der Waals surface area contributed by atoms with Gasteiger partial charge in [0.15, 0.2) is 0 Å². The van der Waals surface area contributed by atoms with Crippen LogP contribution in [0, 0.1) is 13.8 Å². The van der Waals surface area contributed by atoms with Crippen LogP contribution in [0.15, 0.2) is 42.5 Å². The molecule has 0 aliphatic carbocycles. The van der Waals surface area contributed by atoms with Crippen molar-refractivity contribution >= 4 is 0 Å². The zero-order valence-electron chi connectivity index (χ0n) is 12.3. The fourth-order valence-corrected chi connectivity index (χ4v) is 2.44. The quantitative estimate of drug-likeness (QED) is 0.647. The smallest absolute Gasteiger partial charge is 0.124 e. The summed E-state index contributed by atoms with van der Waals surface area (Å²) in [5.41, 5.74) is 7.67. The Labute approximate surface area is 120 Å². The van der Waals surface area contributed by atoms with Crippen LogP contribution in [0.4, 0.5) is 0 Å². The van der Waals surface area contributed by atoms with E-state index in [0.29, 0.717) is 6.61 Å². The fraction of sp³-hybridized carbons (Fsp3) is 0.294. The van der Waals surface area contributed by atoms with E-state index in [4.69, 9.17) is 10.6 Å². The Kier molecular flexibility index (Phi) is 4.77. The summed E-state index contributed by atoms with van der Waals surface area (Å²) in [6.45, 7) is 6.86. The van der Waals surface area contributed by atoms with Gasteiger partial charge < -0.3 is 4.74 Å². The maximum Gasteiger partial charge on any atom is 0.124 e. The molecule has 0 radical (unpaired) electrons. The summed E-state index contributed by atoms with van der Waals surface area (Å²) < 4.78 is 5.72. The first-order valence-corrected chi connectivity index (χ1v) is 6.93. The Morgan fingerprint density at radius 3 is 2.45 bits per heavy atom. The topological polar surface area (TPSA) is 47.3 Å². The predicted octanol–water partition coefficient (Wildman–Crippen LogP) is 3.25. The molecule has 106 valence electrons. The summed E-state index contributed by atoms with van der Waals surface area (Å²) in [4.78, 5) is 0. The van der Waals surface area contributed by atoms with E-state index in [1.54, 1.807) is 0 Å². The molecule has 0 fully saturated rings. The van der Waals surface area contributed by atoms with Gasteiger partial charge >= 0.3 is 0 Å². The van der Waals surface area contributed by atoms with Gasteiger partial charge in [-0.25, -0.2) is 5.43 Å². The summed E-state index contributed by atoms with van der Waals surface area (Å²) in [7, 11) is 0. The molecule has 0 saturated carbocycles. The molecule has 0 amide bonds. The molecular weight excluding hydrogens is 248 g/mol. The second-order valence-corrected chi connectivity index (χ2v) is 4.86. The van der Waals surface area contributed by atoms with Crippen molar-refractivity contribution in [3.63, 3.8) is 0 Å². The molecule has 20 heavy (non-hydrogen) atoms. The number of aryl methyl sites for hydroxylation is 1.